The van der Waals surface area contributed by atoms with Crippen molar-refractivity contribution < 1.29 is 18.8 Å². The molecule has 2 aliphatic rings. The minimum atomic E-state index is -0.350. The number of hydrogen-bond donors (Lipinski definition) is 1. The molecule has 0 bridgehead atoms. The van der Waals surface area contributed by atoms with E-state index in [9.17, 15) is 18.8 Å². The van der Waals surface area contributed by atoms with Gasteiger partial charge in [-0.05, 0) is 30.3 Å². The number of nitrogens with one attached hydrogen (secondary N) is 1. The Kier molecular flexibility index (Phi) is 5.85. The predicted octanol–water partition coefficient (Wildman–Crippen LogP) is 0.553. The number of carbonyl (C=O) groups excluding carboxylic acids is 3. The molecular weight excluding hydrogens is 351 g/mol. The Morgan fingerprint density at radius 2 is 1.70 bits per heavy atom. The van der Waals surface area contributed by atoms with E-state index in [1.165, 1.54) is 30.3 Å². The van der Waals surface area contributed by atoms with Crippen molar-refractivity contribution in [2.75, 3.05) is 51.1 Å². The van der Waals surface area contributed by atoms with Crippen LogP contribution in [0, 0.1) is 11.7 Å². The molecule has 0 aromatic heterocycles. The first-order valence-electron chi connectivity index (χ1n) is 8.94. The number of anilines is 1. The second-order valence-electron chi connectivity index (χ2n) is 6.80. The van der Waals surface area contributed by atoms with Gasteiger partial charge in [0.25, 0.3) is 0 Å². The average Bonchev–Trinajstić information content (AvgIpc) is 2.62. The summed E-state index contributed by atoms with van der Waals surface area (Å²) in [6.07, 6.45) is 1.26. The van der Waals surface area contributed by atoms with E-state index >= 15 is 0 Å². The lowest BCUT2D eigenvalue weighted by atomic mass is 9.98. The molecule has 0 radical (unpaired) electrons. The zero-order valence-corrected chi connectivity index (χ0v) is 15.1. The van der Waals surface area contributed by atoms with Gasteiger partial charge in [-0.3, -0.25) is 19.3 Å². The Morgan fingerprint density at radius 1 is 1.07 bits per heavy atom. The number of carbonyl (C=O) groups is 3. The molecular formula is C19H23FN4O3. The fourth-order valence-electron chi connectivity index (χ4n) is 3.27. The van der Waals surface area contributed by atoms with Crippen LogP contribution in [0.25, 0.3) is 0 Å². The molecule has 0 saturated carbocycles. The van der Waals surface area contributed by atoms with Gasteiger partial charge in [-0.1, -0.05) is 6.58 Å². The van der Waals surface area contributed by atoms with Gasteiger partial charge in [0.1, 0.15) is 5.82 Å². The second-order valence-corrected chi connectivity index (χ2v) is 6.80. The van der Waals surface area contributed by atoms with E-state index in [0.29, 0.717) is 45.0 Å². The Labute approximate surface area is 157 Å². The van der Waals surface area contributed by atoms with Gasteiger partial charge in [0, 0.05) is 45.0 Å². The maximum absolute atomic E-state index is 12.9. The van der Waals surface area contributed by atoms with E-state index < -0.39 is 0 Å². The molecule has 8 heteroatoms. The van der Waals surface area contributed by atoms with E-state index in [-0.39, 0.29) is 36.0 Å². The lowest BCUT2D eigenvalue weighted by Crippen LogP contribution is -2.59. The van der Waals surface area contributed by atoms with Crippen LogP contribution in [0.4, 0.5) is 10.1 Å². The number of halogens is 1. The molecule has 7 nitrogen and oxygen atoms in total. The van der Waals surface area contributed by atoms with Crippen molar-refractivity contribution in [2.45, 2.75) is 0 Å². The van der Waals surface area contributed by atoms with Gasteiger partial charge in [-0.2, -0.15) is 0 Å². The van der Waals surface area contributed by atoms with Crippen LogP contribution in [0.5, 0.6) is 0 Å². The van der Waals surface area contributed by atoms with Gasteiger partial charge < -0.3 is 15.1 Å². The highest BCUT2D eigenvalue weighted by Gasteiger charge is 2.37. The summed E-state index contributed by atoms with van der Waals surface area (Å²) >= 11 is 0. The Morgan fingerprint density at radius 3 is 2.30 bits per heavy atom. The van der Waals surface area contributed by atoms with Crippen molar-refractivity contribution in [2.24, 2.45) is 5.92 Å². The minimum Gasteiger partial charge on any atom is -0.340 e. The van der Waals surface area contributed by atoms with E-state index in [1.54, 1.807) is 9.80 Å². The molecule has 2 heterocycles. The number of nitrogens with zero attached hydrogens (tertiary/aromatic N) is 3. The summed E-state index contributed by atoms with van der Waals surface area (Å²) in [5.74, 6) is -0.729. The molecule has 0 atom stereocenters. The molecule has 1 aromatic carbocycles. The van der Waals surface area contributed by atoms with Gasteiger partial charge in [0.05, 0.1) is 12.5 Å². The highest BCUT2D eigenvalue weighted by molar-refractivity contribution is 5.92. The van der Waals surface area contributed by atoms with Crippen LogP contribution >= 0.6 is 0 Å². The van der Waals surface area contributed by atoms with Crippen LogP contribution in [0.15, 0.2) is 36.9 Å². The lowest BCUT2D eigenvalue weighted by molar-refractivity contribution is -0.147. The van der Waals surface area contributed by atoms with Crippen molar-refractivity contribution in [3.05, 3.63) is 42.7 Å². The molecule has 144 valence electrons. The summed E-state index contributed by atoms with van der Waals surface area (Å²) in [5.41, 5.74) is 0.554. The Hall–Kier alpha value is -2.74. The van der Waals surface area contributed by atoms with Gasteiger partial charge >= 0.3 is 0 Å². The molecule has 2 saturated heterocycles. The average molecular weight is 374 g/mol. The highest BCUT2D eigenvalue weighted by atomic mass is 19.1. The Bertz CT molecular complexity index is 723. The maximum Gasteiger partial charge on any atom is 0.246 e. The second kappa shape index (κ2) is 8.30. The minimum absolute atomic E-state index is 0.0681. The number of piperazine rings is 1. The third kappa shape index (κ3) is 4.71. The standard InChI is InChI=1S/C19H23FN4O3/c1-2-18(26)24-11-14(12-24)19(27)23-9-7-22(8-10-23)13-17(25)21-16-5-3-15(20)4-6-16/h2-6,14H,1,7-13H2,(H,21,25). The van der Waals surface area contributed by atoms with Crippen molar-refractivity contribution in [1.82, 2.24) is 14.7 Å². The first-order chi connectivity index (χ1) is 13.0. The molecule has 1 aromatic rings. The summed E-state index contributed by atoms with van der Waals surface area (Å²) in [6, 6.07) is 5.63. The van der Waals surface area contributed by atoms with Crippen molar-refractivity contribution >= 4 is 23.4 Å². The largest absolute Gasteiger partial charge is 0.340 e. The van der Waals surface area contributed by atoms with Crippen LogP contribution in [-0.2, 0) is 14.4 Å². The molecule has 0 aliphatic carbocycles. The molecule has 27 heavy (non-hydrogen) atoms. The van der Waals surface area contributed by atoms with Gasteiger partial charge in [0.2, 0.25) is 17.7 Å². The number of amides is 3. The molecule has 1 N–H and O–H groups in total. The smallest absolute Gasteiger partial charge is 0.246 e. The van der Waals surface area contributed by atoms with Crippen molar-refractivity contribution in [1.29, 1.82) is 0 Å². The third-order valence-electron chi connectivity index (χ3n) is 4.90. The summed E-state index contributed by atoms with van der Waals surface area (Å²) in [6.45, 7) is 6.93. The molecule has 0 unspecified atom stereocenters. The van der Waals surface area contributed by atoms with Gasteiger partial charge in [0.15, 0.2) is 0 Å². The van der Waals surface area contributed by atoms with Gasteiger partial charge in [-0.15, -0.1) is 0 Å². The summed E-state index contributed by atoms with van der Waals surface area (Å²) in [4.78, 5) is 41.4. The number of hydrogen-bond acceptors (Lipinski definition) is 4. The molecule has 0 spiro atoms. The van der Waals surface area contributed by atoms with E-state index in [4.69, 9.17) is 0 Å². The zero-order valence-electron chi connectivity index (χ0n) is 15.1. The summed E-state index contributed by atoms with van der Waals surface area (Å²) in [7, 11) is 0. The summed E-state index contributed by atoms with van der Waals surface area (Å²) in [5, 5.41) is 2.73. The predicted molar refractivity (Wildman–Crippen MR) is 98.3 cm³/mol. The van der Waals surface area contributed by atoms with Crippen LogP contribution in [0.3, 0.4) is 0 Å². The molecule has 3 rings (SSSR count). The van der Waals surface area contributed by atoms with E-state index in [0.717, 1.165) is 0 Å². The SMILES string of the molecule is C=CC(=O)N1CC(C(=O)N2CCN(CC(=O)Nc3ccc(F)cc3)CC2)C1. The maximum atomic E-state index is 12.9. The van der Waals surface area contributed by atoms with Crippen molar-refractivity contribution in [3.63, 3.8) is 0 Å². The monoisotopic (exact) mass is 374 g/mol. The topological polar surface area (TPSA) is 73.0 Å². The number of rotatable bonds is 5. The number of likely N-dealkylation sites (tertiary alicyclic amines) is 1. The zero-order chi connectivity index (χ0) is 19.4. The molecule has 2 aliphatic heterocycles. The van der Waals surface area contributed by atoms with E-state index in [1.807, 2.05) is 4.90 Å². The third-order valence-corrected chi connectivity index (χ3v) is 4.90. The fourth-order valence-corrected chi connectivity index (χ4v) is 3.27. The van der Waals surface area contributed by atoms with Crippen LogP contribution in [0.1, 0.15) is 0 Å². The summed E-state index contributed by atoms with van der Waals surface area (Å²) < 4.78 is 12.9. The molecule has 3 amide bonds. The Balaban J connectivity index is 1.39. The van der Waals surface area contributed by atoms with Crippen LogP contribution < -0.4 is 5.32 Å². The first kappa shape index (κ1) is 19.0. The van der Waals surface area contributed by atoms with E-state index in [2.05, 4.69) is 11.9 Å². The highest BCUT2D eigenvalue weighted by Crippen LogP contribution is 2.19. The number of benzene rings is 1. The molecule has 2 fully saturated rings. The van der Waals surface area contributed by atoms with Crippen LogP contribution in [-0.4, -0.2) is 78.2 Å². The van der Waals surface area contributed by atoms with Gasteiger partial charge in [-0.25, -0.2) is 4.39 Å². The van der Waals surface area contributed by atoms with Crippen LogP contribution in [0.2, 0.25) is 0 Å². The fraction of sp³-hybridized carbons (Fsp3) is 0.421. The normalized spacial score (nSPS) is 18.0. The lowest BCUT2D eigenvalue weighted by Gasteiger charge is -2.42. The quantitative estimate of drug-likeness (QED) is 0.764. The first-order valence-corrected chi connectivity index (χ1v) is 8.94. The van der Waals surface area contributed by atoms with Crippen molar-refractivity contribution in [3.8, 4) is 0 Å².